The summed E-state index contributed by atoms with van der Waals surface area (Å²) in [4.78, 5) is 0. The van der Waals surface area contributed by atoms with Gasteiger partial charge in [0.25, 0.3) is 5.92 Å². The molecule has 1 aliphatic rings. The third-order valence-corrected chi connectivity index (χ3v) is 3.25. The fourth-order valence-electron chi connectivity index (χ4n) is 2.39. The van der Waals surface area contributed by atoms with Crippen molar-refractivity contribution in [3.8, 4) is 0 Å². The quantitative estimate of drug-likeness (QED) is 0.682. The van der Waals surface area contributed by atoms with Gasteiger partial charge in [0.15, 0.2) is 0 Å². The predicted octanol–water partition coefficient (Wildman–Crippen LogP) is 2.51. The van der Waals surface area contributed by atoms with Crippen molar-refractivity contribution in [3.63, 3.8) is 0 Å². The SMILES string of the molecule is Cn1nccc1C1CCCC(F)(F)CC1[O]. The Morgan fingerprint density at radius 1 is 1.56 bits per heavy atom. The second kappa shape index (κ2) is 4.13. The summed E-state index contributed by atoms with van der Waals surface area (Å²) in [6, 6.07) is 1.75. The van der Waals surface area contributed by atoms with E-state index < -0.39 is 18.4 Å². The number of alkyl halides is 2. The molecule has 5 heteroatoms. The zero-order valence-corrected chi connectivity index (χ0v) is 9.20. The smallest absolute Gasteiger partial charge is 0.250 e. The summed E-state index contributed by atoms with van der Waals surface area (Å²) in [5.41, 5.74) is 0.776. The fourth-order valence-corrected chi connectivity index (χ4v) is 2.39. The van der Waals surface area contributed by atoms with E-state index in [9.17, 15) is 13.9 Å². The molecule has 1 aromatic heterocycles. The van der Waals surface area contributed by atoms with Crippen LogP contribution in [0.25, 0.3) is 0 Å². The molecule has 2 atom stereocenters. The van der Waals surface area contributed by atoms with Crippen LogP contribution in [0.3, 0.4) is 0 Å². The van der Waals surface area contributed by atoms with Gasteiger partial charge in [0, 0.05) is 37.7 Å². The minimum Gasteiger partial charge on any atom is -0.272 e. The molecule has 1 aliphatic carbocycles. The lowest BCUT2D eigenvalue weighted by Crippen LogP contribution is -2.25. The van der Waals surface area contributed by atoms with Crippen LogP contribution in [0.1, 0.15) is 37.3 Å². The Balaban J connectivity index is 2.20. The number of rotatable bonds is 1. The Morgan fingerprint density at radius 2 is 2.31 bits per heavy atom. The molecule has 89 valence electrons. The van der Waals surface area contributed by atoms with Crippen molar-refractivity contribution in [1.29, 1.82) is 0 Å². The van der Waals surface area contributed by atoms with Crippen molar-refractivity contribution in [2.24, 2.45) is 7.05 Å². The molecule has 0 amide bonds. The zero-order valence-electron chi connectivity index (χ0n) is 9.20. The molecule has 2 rings (SSSR count). The van der Waals surface area contributed by atoms with E-state index in [1.54, 1.807) is 24.0 Å². The van der Waals surface area contributed by atoms with Gasteiger partial charge in [0.05, 0.1) is 0 Å². The third kappa shape index (κ3) is 2.24. The Hall–Kier alpha value is -0.970. The third-order valence-electron chi connectivity index (χ3n) is 3.25. The summed E-state index contributed by atoms with van der Waals surface area (Å²) >= 11 is 0. The second-order valence-electron chi connectivity index (χ2n) is 4.48. The molecule has 0 spiro atoms. The van der Waals surface area contributed by atoms with E-state index in [0.29, 0.717) is 12.8 Å². The van der Waals surface area contributed by atoms with Gasteiger partial charge in [0.2, 0.25) is 0 Å². The lowest BCUT2D eigenvalue weighted by atomic mass is 9.93. The average molecular weight is 229 g/mol. The molecule has 1 saturated carbocycles. The van der Waals surface area contributed by atoms with E-state index in [-0.39, 0.29) is 12.3 Å². The molecule has 3 nitrogen and oxygen atoms in total. The monoisotopic (exact) mass is 229 g/mol. The Morgan fingerprint density at radius 3 is 2.94 bits per heavy atom. The molecular weight excluding hydrogens is 214 g/mol. The first kappa shape index (κ1) is 11.5. The minimum atomic E-state index is -2.79. The van der Waals surface area contributed by atoms with Gasteiger partial charge in [-0.1, -0.05) is 0 Å². The highest BCUT2D eigenvalue weighted by Crippen LogP contribution is 2.39. The summed E-state index contributed by atoms with van der Waals surface area (Å²) < 4.78 is 28.0. The van der Waals surface area contributed by atoms with E-state index in [2.05, 4.69) is 5.10 Å². The standard InChI is InChI=1S/C11H15F2N2O/c1-15-9(4-6-14-15)8-3-2-5-11(12,13)7-10(8)16/h4,6,8,10H,2-3,5,7H2,1H3. The highest BCUT2D eigenvalue weighted by atomic mass is 19.3. The largest absolute Gasteiger partial charge is 0.272 e. The number of hydrogen-bond acceptors (Lipinski definition) is 1. The molecule has 1 fully saturated rings. The number of aromatic nitrogens is 2. The summed E-state index contributed by atoms with van der Waals surface area (Å²) in [5.74, 6) is -3.12. The molecule has 1 heterocycles. The van der Waals surface area contributed by atoms with Crippen molar-refractivity contribution in [2.45, 2.75) is 43.6 Å². The molecule has 1 radical (unpaired) electrons. The van der Waals surface area contributed by atoms with Gasteiger partial charge in [-0.2, -0.15) is 5.10 Å². The van der Waals surface area contributed by atoms with Crippen molar-refractivity contribution < 1.29 is 13.9 Å². The van der Waals surface area contributed by atoms with Crippen LogP contribution in [0.5, 0.6) is 0 Å². The first-order chi connectivity index (χ1) is 7.49. The molecule has 1 aromatic rings. The molecule has 0 saturated heterocycles. The van der Waals surface area contributed by atoms with Gasteiger partial charge >= 0.3 is 0 Å². The number of hydrogen-bond donors (Lipinski definition) is 0. The van der Waals surface area contributed by atoms with Crippen molar-refractivity contribution >= 4 is 0 Å². The Labute approximate surface area is 93.1 Å². The van der Waals surface area contributed by atoms with E-state index in [1.165, 1.54) is 0 Å². The molecule has 0 aromatic carbocycles. The molecule has 0 aliphatic heterocycles. The van der Waals surface area contributed by atoms with Gasteiger partial charge < -0.3 is 0 Å². The van der Waals surface area contributed by atoms with Crippen LogP contribution < -0.4 is 0 Å². The Kier molecular flexibility index (Phi) is 2.97. The maximum absolute atomic E-state index is 13.2. The van der Waals surface area contributed by atoms with Crippen LogP contribution in [0, 0.1) is 0 Å². The predicted molar refractivity (Wildman–Crippen MR) is 53.8 cm³/mol. The molecular formula is C11H15F2N2O. The van der Waals surface area contributed by atoms with E-state index in [1.807, 2.05) is 0 Å². The highest BCUT2D eigenvalue weighted by molar-refractivity contribution is 5.10. The lowest BCUT2D eigenvalue weighted by molar-refractivity contribution is -0.0628. The highest BCUT2D eigenvalue weighted by Gasteiger charge is 2.40. The van der Waals surface area contributed by atoms with E-state index >= 15 is 0 Å². The number of aryl methyl sites for hydroxylation is 1. The lowest BCUT2D eigenvalue weighted by Gasteiger charge is -2.20. The molecule has 0 N–H and O–H groups in total. The first-order valence-corrected chi connectivity index (χ1v) is 5.51. The van der Waals surface area contributed by atoms with Gasteiger partial charge in [-0.3, -0.25) is 4.68 Å². The topological polar surface area (TPSA) is 37.7 Å². The van der Waals surface area contributed by atoms with Crippen LogP contribution in [-0.2, 0) is 12.2 Å². The number of nitrogens with zero attached hydrogens (tertiary/aromatic N) is 2. The fraction of sp³-hybridized carbons (Fsp3) is 0.727. The van der Waals surface area contributed by atoms with Gasteiger partial charge in [0.1, 0.15) is 6.10 Å². The maximum Gasteiger partial charge on any atom is 0.250 e. The van der Waals surface area contributed by atoms with Gasteiger partial charge in [-0.05, 0) is 18.9 Å². The first-order valence-electron chi connectivity index (χ1n) is 5.51. The van der Waals surface area contributed by atoms with Crippen molar-refractivity contribution in [3.05, 3.63) is 18.0 Å². The van der Waals surface area contributed by atoms with Gasteiger partial charge in [-0.25, -0.2) is 13.9 Å². The van der Waals surface area contributed by atoms with Crippen LogP contribution in [-0.4, -0.2) is 21.8 Å². The normalized spacial score (nSPS) is 30.0. The zero-order chi connectivity index (χ0) is 11.8. The number of halogens is 2. The second-order valence-corrected chi connectivity index (χ2v) is 4.48. The minimum absolute atomic E-state index is 0.167. The van der Waals surface area contributed by atoms with E-state index in [4.69, 9.17) is 0 Å². The van der Waals surface area contributed by atoms with Crippen molar-refractivity contribution in [2.75, 3.05) is 0 Å². The summed E-state index contributed by atoms with van der Waals surface area (Å²) in [6.07, 6.45) is 0.590. The Bertz CT molecular complexity index is 365. The summed E-state index contributed by atoms with van der Waals surface area (Å²) in [7, 11) is 1.74. The molecule has 16 heavy (non-hydrogen) atoms. The van der Waals surface area contributed by atoms with E-state index in [0.717, 1.165) is 5.69 Å². The summed E-state index contributed by atoms with van der Waals surface area (Å²) in [6.45, 7) is 0. The summed E-state index contributed by atoms with van der Waals surface area (Å²) in [5, 5.41) is 15.8. The van der Waals surface area contributed by atoms with Crippen LogP contribution in [0.4, 0.5) is 8.78 Å². The molecule has 2 unspecified atom stereocenters. The average Bonchev–Trinajstić information content (AvgIpc) is 2.52. The van der Waals surface area contributed by atoms with Crippen molar-refractivity contribution in [1.82, 2.24) is 9.78 Å². The maximum atomic E-state index is 13.2. The van der Waals surface area contributed by atoms with Crippen LogP contribution in [0.15, 0.2) is 12.3 Å². The van der Waals surface area contributed by atoms with Crippen LogP contribution in [0.2, 0.25) is 0 Å². The van der Waals surface area contributed by atoms with Gasteiger partial charge in [-0.15, -0.1) is 0 Å². The molecule has 0 bridgehead atoms. The van der Waals surface area contributed by atoms with Crippen LogP contribution >= 0.6 is 0 Å².